The second-order valence-corrected chi connectivity index (χ2v) is 7.58. The average Bonchev–Trinajstić information content (AvgIpc) is 3.25. The van der Waals surface area contributed by atoms with Gasteiger partial charge >= 0.3 is 0 Å². The van der Waals surface area contributed by atoms with Crippen molar-refractivity contribution in [2.45, 2.75) is 44.2 Å². The normalized spacial score (nSPS) is 16.9. The van der Waals surface area contributed by atoms with E-state index in [4.69, 9.17) is 14.2 Å². The molecule has 0 aromatic heterocycles. The van der Waals surface area contributed by atoms with Gasteiger partial charge in [0.25, 0.3) is 0 Å². The minimum atomic E-state index is -0.556. The first kappa shape index (κ1) is 22.0. The molecule has 0 aliphatic carbocycles. The number of hydrogen-bond acceptors (Lipinski definition) is 5. The molecule has 0 saturated carbocycles. The van der Waals surface area contributed by atoms with Crippen LogP contribution in [0, 0.1) is 0 Å². The van der Waals surface area contributed by atoms with Gasteiger partial charge in [-0.1, -0.05) is 30.3 Å². The molecule has 1 N–H and O–H groups in total. The van der Waals surface area contributed by atoms with E-state index in [0.29, 0.717) is 36.5 Å². The molecule has 1 saturated heterocycles. The predicted octanol–water partition coefficient (Wildman–Crippen LogP) is 3.76. The van der Waals surface area contributed by atoms with Gasteiger partial charge in [-0.05, 0) is 48.9 Å². The van der Waals surface area contributed by atoms with Gasteiger partial charge in [-0.25, -0.2) is 0 Å². The van der Waals surface area contributed by atoms with Crippen molar-refractivity contribution in [3.8, 4) is 17.2 Å². The molecular formula is C24H31NO5. The number of ether oxygens (including phenoxy) is 3. The molecule has 1 aliphatic rings. The van der Waals surface area contributed by atoms with Crippen molar-refractivity contribution in [1.29, 1.82) is 0 Å². The Kier molecular flexibility index (Phi) is 7.57. The van der Waals surface area contributed by atoms with E-state index in [0.717, 1.165) is 30.5 Å². The van der Waals surface area contributed by atoms with Crippen LogP contribution in [0.25, 0.3) is 0 Å². The summed E-state index contributed by atoms with van der Waals surface area (Å²) < 4.78 is 16.2. The summed E-state index contributed by atoms with van der Waals surface area (Å²) in [5.41, 5.74) is 1.85. The molecule has 1 heterocycles. The smallest absolute Gasteiger partial charge is 0.223 e. The van der Waals surface area contributed by atoms with E-state index in [2.05, 4.69) is 0 Å². The van der Waals surface area contributed by atoms with Gasteiger partial charge in [-0.15, -0.1) is 0 Å². The molecule has 0 bridgehead atoms. The van der Waals surface area contributed by atoms with Gasteiger partial charge in [0.05, 0.1) is 27.4 Å². The number of aryl methyl sites for hydroxylation is 1. The van der Waals surface area contributed by atoms with E-state index in [1.165, 1.54) is 0 Å². The zero-order valence-corrected chi connectivity index (χ0v) is 18.0. The fraction of sp³-hybridized carbons (Fsp3) is 0.458. The number of rotatable bonds is 9. The maximum atomic E-state index is 12.9. The van der Waals surface area contributed by atoms with Crippen molar-refractivity contribution in [3.05, 3.63) is 53.6 Å². The van der Waals surface area contributed by atoms with Crippen LogP contribution in [0.15, 0.2) is 42.5 Å². The van der Waals surface area contributed by atoms with Gasteiger partial charge in [0.15, 0.2) is 11.5 Å². The first-order chi connectivity index (χ1) is 14.6. The maximum absolute atomic E-state index is 12.9. The Morgan fingerprint density at radius 2 is 1.77 bits per heavy atom. The predicted molar refractivity (Wildman–Crippen MR) is 115 cm³/mol. The third kappa shape index (κ3) is 5.05. The Hall–Kier alpha value is -2.73. The maximum Gasteiger partial charge on any atom is 0.223 e. The highest BCUT2D eigenvalue weighted by molar-refractivity contribution is 5.77. The number of aliphatic hydroxyl groups is 1. The lowest BCUT2D eigenvalue weighted by atomic mass is 10.00. The zero-order valence-electron chi connectivity index (χ0n) is 18.0. The van der Waals surface area contributed by atoms with Crippen LogP contribution in [0.5, 0.6) is 17.2 Å². The molecule has 3 rings (SSSR count). The Bertz CT molecular complexity index is 814. The van der Waals surface area contributed by atoms with Crippen molar-refractivity contribution in [2.24, 2.45) is 0 Å². The Morgan fingerprint density at radius 1 is 1.10 bits per heavy atom. The van der Waals surface area contributed by atoms with Crippen LogP contribution in [0.3, 0.4) is 0 Å². The molecule has 2 aromatic carbocycles. The van der Waals surface area contributed by atoms with Gasteiger partial charge in [-0.2, -0.15) is 0 Å². The molecule has 0 radical (unpaired) electrons. The Labute approximate surface area is 178 Å². The molecule has 0 spiro atoms. The number of nitrogens with zero attached hydrogens (tertiary/aromatic N) is 1. The molecule has 1 fully saturated rings. The number of aliphatic hydroxyl groups excluding tert-OH is 1. The van der Waals surface area contributed by atoms with Crippen LogP contribution in [0.2, 0.25) is 0 Å². The van der Waals surface area contributed by atoms with Crippen molar-refractivity contribution in [3.63, 3.8) is 0 Å². The second-order valence-electron chi connectivity index (χ2n) is 7.58. The van der Waals surface area contributed by atoms with E-state index in [9.17, 15) is 9.90 Å². The van der Waals surface area contributed by atoms with Crippen LogP contribution < -0.4 is 14.2 Å². The summed E-state index contributed by atoms with van der Waals surface area (Å²) in [6.45, 7) is 0.750. The first-order valence-corrected chi connectivity index (χ1v) is 10.4. The quantitative estimate of drug-likeness (QED) is 0.678. The number of carbonyl (C=O) groups is 1. The van der Waals surface area contributed by atoms with Crippen LogP contribution in [0.1, 0.15) is 42.9 Å². The third-order valence-electron chi connectivity index (χ3n) is 5.73. The Morgan fingerprint density at radius 3 is 2.37 bits per heavy atom. The molecular weight excluding hydrogens is 382 g/mol. The van der Waals surface area contributed by atoms with Crippen LogP contribution in [-0.2, 0) is 11.2 Å². The molecule has 6 nitrogen and oxygen atoms in total. The second kappa shape index (κ2) is 10.3. The molecule has 30 heavy (non-hydrogen) atoms. The monoisotopic (exact) mass is 413 g/mol. The topological polar surface area (TPSA) is 68.2 Å². The van der Waals surface area contributed by atoms with Crippen LogP contribution in [0.4, 0.5) is 0 Å². The summed E-state index contributed by atoms with van der Waals surface area (Å²) in [6.07, 6.45) is 2.90. The highest BCUT2D eigenvalue weighted by Crippen LogP contribution is 2.38. The van der Waals surface area contributed by atoms with Crippen molar-refractivity contribution >= 4 is 5.91 Å². The van der Waals surface area contributed by atoms with Gasteiger partial charge in [-0.3, -0.25) is 4.79 Å². The third-order valence-corrected chi connectivity index (χ3v) is 5.73. The number of hydrogen-bond donors (Lipinski definition) is 1. The lowest BCUT2D eigenvalue weighted by molar-refractivity contribution is -0.132. The molecule has 2 aromatic rings. The first-order valence-electron chi connectivity index (χ1n) is 10.4. The largest absolute Gasteiger partial charge is 0.493 e. The Balaban J connectivity index is 1.62. The summed E-state index contributed by atoms with van der Waals surface area (Å²) in [4.78, 5) is 14.9. The minimum absolute atomic E-state index is 0.0765. The van der Waals surface area contributed by atoms with E-state index >= 15 is 0 Å². The van der Waals surface area contributed by atoms with Crippen molar-refractivity contribution < 1.29 is 24.1 Å². The summed E-state index contributed by atoms with van der Waals surface area (Å²) in [7, 11) is 4.74. The van der Waals surface area contributed by atoms with Crippen molar-refractivity contribution in [2.75, 3.05) is 27.9 Å². The van der Waals surface area contributed by atoms with Gasteiger partial charge in [0.2, 0.25) is 11.7 Å². The lowest BCUT2D eigenvalue weighted by Crippen LogP contribution is -2.36. The van der Waals surface area contributed by atoms with E-state index < -0.39 is 6.10 Å². The standard InChI is InChI=1S/C24H31NO5/c1-28-21-14-17(15-22(29-2)24(21)30-3)11-12-23(27)25-13-7-10-19(25)16-20(26)18-8-5-4-6-9-18/h4-6,8-9,14-15,19-20,26H,7,10-13,16H2,1-3H3. The van der Waals surface area contributed by atoms with E-state index in [1.807, 2.05) is 47.4 Å². The van der Waals surface area contributed by atoms with Gasteiger partial charge in [0.1, 0.15) is 0 Å². The number of carbonyl (C=O) groups excluding carboxylic acids is 1. The molecule has 1 amide bonds. The number of likely N-dealkylation sites (tertiary alicyclic amines) is 1. The van der Waals surface area contributed by atoms with E-state index in [-0.39, 0.29) is 11.9 Å². The molecule has 2 atom stereocenters. The molecule has 2 unspecified atom stereocenters. The van der Waals surface area contributed by atoms with Crippen LogP contribution >= 0.6 is 0 Å². The summed E-state index contributed by atoms with van der Waals surface area (Å²) in [5.74, 6) is 1.84. The highest BCUT2D eigenvalue weighted by Gasteiger charge is 2.30. The summed E-state index contributed by atoms with van der Waals surface area (Å²) in [6, 6.07) is 13.5. The fourth-order valence-corrected chi connectivity index (χ4v) is 4.15. The number of amides is 1. The fourth-order valence-electron chi connectivity index (χ4n) is 4.15. The molecule has 1 aliphatic heterocycles. The average molecular weight is 414 g/mol. The molecule has 162 valence electrons. The zero-order chi connectivity index (χ0) is 21.5. The van der Waals surface area contributed by atoms with E-state index in [1.54, 1.807) is 21.3 Å². The number of benzene rings is 2. The highest BCUT2D eigenvalue weighted by atomic mass is 16.5. The van der Waals surface area contributed by atoms with Crippen molar-refractivity contribution in [1.82, 2.24) is 4.90 Å². The van der Waals surface area contributed by atoms with Crippen LogP contribution in [-0.4, -0.2) is 49.8 Å². The molecule has 6 heteroatoms. The van der Waals surface area contributed by atoms with Gasteiger partial charge < -0.3 is 24.2 Å². The lowest BCUT2D eigenvalue weighted by Gasteiger charge is -2.27. The summed E-state index contributed by atoms with van der Waals surface area (Å²) in [5, 5.41) is 10.6. The minimum Gasteiger partial charge on any atom is -0.493 e. The SMILES string of the molecule is COc1cc(CCC(=O)N2CCCC2CC(O)c2ccccc2)cc(OC)c1OC. The van der Waals surface area contributed by atoms with Gasteiger partial charge in [0, 0.05) is 19.0 Å². The number of methoxy groups -OCH3 is 3. The summed E-state index contributed by atoms with van der Waals surface area (Å²) >= 11 is 0.